The molecule has 0 amide bonds. The van der Waals surface area contributed by atoms with Gasteiger partial charge < -0.3 is 14.6 Å². The summed E-state index contributed by atoms with van der Waals surface area (Å²) in [6.45, 7) is 9.92. The smallest absolute Gasteiger partial charge is 0.109 e. The van der Waals surface area contributed by atoms with E-state index in [2.05, 4.69) is 64.1 Å². The summed E-state index contributed by atoms with van der Waals surface area (Å²) in [5, 5.41) is 9.17. The first-order chi connectivity index (χ1) is 12.4. The molecule has 3 rings (SSSR count). The van der Waals surface area contributed by atoms with E-state index < -0.39 is 0 Å². The van der Waals surface area contributed by atoms with Gasteiger partial charge in [-0.1, -0.05) is 44.2 Å². The minimum atomic E-state index is -0.0782. The van der Waals surface area contributed by atoms with Gasteiger partial charge in [0.25, 0.3) is 0 Å². The van der Waals surface area contributed by atoms with Gasteiger partial charge >= 0.3 is 0 Å². The zero-order valence-electron chi connectivity index (χ0n) is 16.7. The van der Waals surface area contributed by atoms with Gasteiger partial charge in [0.05, 0.1) is 11.9 Å². The Balaban J connectivity index is 1.89. The van der Waals surface area contributed by atoms with E-state index in [1.54, 1.807) is 0 Å². The predicted octanol–water partition coefficient (Wildman–Crippen LogP) is 5.26. The molecule has 3 nitrogen and oxygen atoms in total. The van der Waals surface area contributed by atoms with Crippen LogP contribution in [0.5, 0.6) is 0 Å². The first-order valence-corrected chi connectivity index (χ1v) is 10.0. The van der Waals surface area contributed by atoms with Crippen LogP contribution in [0.25, 0.3) is 0 Å². The average Bonchev–Trinajstić information content (AvgIpc) is 2.60. The van der Waals surface area contributed by atoms with Gasteiger partial charge in [-0.25, -0.2) is 0 Å². The second-order valence-corrected chi connectivity index (χ2v) is 8.76. The Morgan fingerprint density at radius 1 is 1.23 bits per heavy atom. The summed E-state index contributed by atoms with van der Waals surface area (Å²) in [5.74, 6) is 1.97. The van der Waals surface area contributed by atoms with Gasteiger partial charge in [-0.3, -0.25) is 0 Å². The van der Waals surface area contributed by atoms with Crippen LogP contribution in [-0.2, 0) is 9.47 Å². The Morgan fingerprint density at radius 3 is 2.65 bits per heavy atom. The number of ether oxygens (including phenoxy) is 2. The summed E-state index contributed by atoms with van der Waals surface area (Å²) in [7, 11) is 0. The van der Waals surface area contributed by atoms with Crippen LogP contribution in [0.15, 0.2) is 42.2 Å². The Labute approximate surface area is 158 Å². The maximum Gasteiger partial charge on any atom is 0.109 e. The summed E-state index contributed by atoms with van der Waals surface area (Å²) in [4.78, 5) is 0. The molecule has 4 unspecified atom stereocenters. The molecule has 1 saturated carbocycles. The summed E-state index contributed by atoms with van der Waals surface area (Å²) in [6.07, 6.45) is 6.22. The van der Waals surface area contributed by atoms with Crippen molar-refractivity contribution in [3.05, 3.63) is 47.7 Å². The largest absolute Gasteiger partial charge is 0.492 e. The third-order valence-electron chi connectivity index (χ3n) is 6.67. The minimum Gasteiger partial charge on any atom is -0.492 e. The molecule has 0 bridgehead atoms. The number of hydrogen-bond acceptors (Lipinski definition) is 3. The molecule has 0 aromatic heterocycles. The first-order valence-electron chi connectivity index (χ1n) is 10.0. The molecule has 26 heavy (non-hydrogen) atoms. The van der Waals surface area contributed by atoms with Gasteiger partial charge in [-0.2, -0.15) is 0 Å². The molecule has 0 spiro atoms. The fourth-order valence-corrected chi connectivity index (χ4v) is 5.31. The van der Waals surface area contributed by atoms with Crippen molar-refractivity contribution in [2.24, 2.45) is 17.3 Å². The van der Waals surface area contributed by atoms with Crippen molar-refractivity contribution in [3.8, 4) is 0 Å². The Kier molecular flexibility index (Phi) is 5.78. The molecular formula is C23H34O3. The molecule has 1 aromatic carbocycles. The van der Waals surface area contributed by atoms with Crippen molar-refractivity contribution in [2.75, 3.05) is 13.2 Å². The molecule has 2 aliphatic rings. The molecule has 1 N–H and O–H groups in total. The number of benzene rings is 1. The van der Waals surface area contributed by atoms with E-state index in [-0.39, 0.29) is 23.7 Å². The molecular weight excluding hydrogens is 324 g/mol. The van der Waals surface area contributed by atoms with Crippen LogP contribution in [0.3, 0.4) is 0 Å². The van der Waals surface area contributed by atoms with Crippen molar-refractivity contribution in [1.82, 2.24) is 0 Å². The SMILES string of the molecule is CC1=CCC2C(C)(CCC(C(OCCCO)c3ccccc3)C2(C)C)O1. The van der Waals surface area contributed by atoms with Crippen molar-refractivity contribution < 1.29 is 14.6 Å². The van der Waals surface area contributed by atoms with Crippen LogP contribution >= 0.6 is 0 Å². The fourth-order valence-electron chi connectivity index (χ4n) is 5.31. The lowest BCUT2D eigenvalue weighted by atomic mass is 9.53. The normalized spacial score (nSPS) is 31.5. The van der Waals surface area contributed by atoms with E-state index in [0.29, 0.717) is 24.9 Å². The van der Waals surface area contributed by atoms with E-state index in [1.165, 1.54) is 5.56 Å². The van der Waals surface area contributed by atoms with E-state index in [9.17, 15) is 5.11 Å². The molecule has 4 atom stereocenters. The number of fused-ring (bicyclic) bond motifs is 1. The number of aliphatic hydroxyl groups excluding tert-OH is 1. The topological polar surface area (TPSA) is 38.7 Å². The van der Waals surface area contributed by atoms with Crippen molar-refractivity contribution in [2.45, 2.75) is 65.1 Å². The van der Waals surface area contributed by atoms with E-state index >= 15 is 0 Å². The average molecular weight is 359 g/mol. The van der Waals surface area contributed by atoms with Crippen LogP contribution in [0.1, 0.15) is 65.0 Å². The molecule has 1 aliphatic heterocycles. The fraction of sp³-hybridized carbons (Fsp3) is 0.652. The van der Waals surface area contributed by atoms with Gasteiger partial charge in [-0.15, -0.1) is 0 Å². The van der Waals surface area contributed by atoms with E-state index in [1.807, 2.05) is 0 Å². The number of rotatable bonds is 6. The lowest BCUT2D eigenvalue weighted by Gasteiger charge is -2.57. The minimum absolute atomic E-state index is 0.0642. The maximum absolute atomic E-state index is 9.17. The van der Waals surface area contributed by atoms with Crippen molar-refractivity contribution in [1.29, 1.82) is 0 Å². The third kappa shape index (κ3) is 3.70. The molecule has 3 heteroatoms. The van der Waals surface area contributed by atoms with Gasteiger partial charge in [0.15, 0.2) is 0 Å². The molecule has 1 fully saturated rings. The van der Waals surface area contributed by atoms with Gasteiger partial charge in [-0.05, 0) is 62.5 Å². The maximum atomic E-state index is 9.17. The molecule has 0 saturated heterocycles. The van der Waals surface area contributed by atoms with Gasteiger partial charge in [0.1, 0.15) is 5.60 Å². The van der Waals surface area contributed by atoms with Gasteiger partial charge in [0.2, 0.25) is 0 Å². The van der Waals surface area contributed by atoms with Crippen LogP contribution in [0.4, 0.5) is 0 Å². The zero-order chi connectivity index (χ0) is 18.8. The number of hydrogen-bond donors (Lipinski definition) is 1. The highest BCUT2D eigenvalue weighted by Gasteiger charge is 2.55. The van der Waals surface area contributed by atoms with E-state index in [4.69, 9.17) is 9.47 Å². The Morgan fingerprint density at radius 2 is 1.96 bits per heavy atom. The second kappa shape index (κ2) is 7.74. The lowest BCUT2D eigenvalue weighted by Crippen LogP contribution is -2.54. The molecule has 1 heterocycles. The Bertz CT molecular complexity index is 622. The van der Waals surface area contributed by atoms with Crippen LogP contribution in [0, 0.1) is 17.3 Å². The molecule has 1 aliphatic carbocycles. The van der Waals surface area contributed by atoms with Crippen molar-refractivity contribution >= 4 is 0 Å². The predicted molar refractivity (Wildman–Crippen MR) is 105 cm³/mol. The monoisotopic (exact) mass is 358 g/mol. The zero-order valence-corrected chi connectivity index (χ0v) is 16.7. The highest BCUT2D eigenvalue weighted by atomic mass is 16.5. The number of aliphatic hydroxyl groups is 1. The van der Waals surface area contributed by atoms with Crippen molar-refractivity contribution in [3.63, 3.8) is 0 Å². The summed E-state index contributed by atoms with van der Waals surface area (Å²) in [6, 6.07) is 10.6. The highest BCUT2D eigenvalue weighted by molar-refractivity contribution is 5.21. The van der Waals surface area contributed by atoms with E-state index in [0.717, 1.165) is 25.0 Å². The number of allylic oxidation sites excluding steroid dienone is 2. The summed E-state index contributed by atoms with van der Waals surface area (Å²) in [5.41, 5.74) is 1.27. The quantitative estimate of drug-likeness (QED) is 0.705. The standard InChI is InChI=1S/C23H34O3/c1-17-11-12-20-22(2,3)19(13-14-23(20,4)26-17)21(25-16-8-15-24)18-9-6-5-7-10-18/h5-7,9-11,19-21,24H,8,12-16H2,1-4H3. The summed E-state index contributed by atoms with van der Waals surface area (Å²) >= 11 is 0. The van der Waals surface area contributed by atoms with Crippen LogP contribution in [0.2, 0.25) is 0 Å². The molecule has 1 aromatic rings. The molecule has 144 valence electrons. The second-order valence-electron chi connectivity index (χ2n) is 8.76. The summed E-state index contributed by atoms with van der Waals surface area (Å²) < 4.78 is 12.7. The van der Waals surface area contributed by atoms with Gasteiger partial charge in [0, 0.05) is 19.1 Å². The molecule has 0 radical (unpaired) electrons. The Hall–Kier alpha value is -1.32. The third-order valence-corrected chi connectivity index (χ3v) is 6.67. The van der Waals surface area contributed by atoms with Crippen LogP contribution < -0.4 is 0 Å². The first kappa shape index (κ1) is 19.4. The lowest BCUT2D eigenvalue weighted by molar-refractivity contribution is -0.167. The van der Waals surface area contributed by atoms with Crippen LogP contribution in [-0.4, -0.2) is 23.9 Å². The highest BCUT2D eigenvalue weighted by Crippen LogP contribution is 2.58.